The van der Waals surface area contributed by atoms with Gasteiger partial charge in [-0.05, 0) is 29.0 Å². The molecular formula is C16H14N4O3S3. The summed E-state index contributed by atoms with van der Waals surface area (Å²) in [5.41, 5.74) is 3.39. The second-order valence-corrected chi connectivity index (χ2v) is 9.60. The third kappa shape index (κ3) is 3.16. The topological polar surface area (TPSA) is 92.3 Å². The van der Waals surface area contributed by atoms with Gasteiger partial charge in [0.05, 0.1) is 0 Å². The highest BCUT2D eigenvalue weighted by Crippen LogP contribution is 2.31. The van der Waals surface area contributed by atoms with Crippen molar-refractivity contribution in [2.75, 3.05) is 5.32 Å². The molecule has 0 bridgehead atoms. The molecule has 3 heterocycles. The number of nitrogens with one attached hydrogen (secondary N) is 1. The van der Waals surface area contributed by atoms with Crippen molar-refractivity contribution < 1.29 is 13.2 Å². The molecule has 3 aromatic rings. The first kappa shape index (κ1) is 17.3. The maximum Gasteiger partial charge on any atom is 0.253 e. The lowest BCUT2D eigenvalue weighted by Crippen LogP contribution is -2.50. The molecule has 0 aliphatic carbocycles. The normalized spacial score (nSPS) is 17.6. The monoisotopic (exact) mass is 406 g/mol. The van der Waals surface area contributed by atoms with E-state index in [0.717, 1.165) is 22.5 Å². The van der Waals surface area contributed by atoms with Gasteiger partial charge in [0.25, 0.3) is 10.0 Å². The first-order valence-corrected chi connectivity index (χ1v) is 10.9. The van der Waals surface area contributed by atoms with Crippen LogP contribution in [0, 0.1) is 0 Å². The summed E-state index contributed by atoms with van der Waals surface area (Å²) in [6.45, 7) is 0.157. The molecule has 26 heavy (non-hydrogen) atoms. The zero-order chi connectivity index (χ0) is 18.1. The van der Waals surface area contributed by atoms with E-state index in [-0.39, 0.29) is 10.8 Å². The number of hydrogen-bond donors (Lipinski definition) is 1. The van der Waals surface area contributed by atoms with Crippen molar-refractivity contribution in [3.05, 3.63) is 58.4 Å². The number of amides is 1. The molecule has 0 unspecified atom stereocenters. The number of fused-ring (bicyclic) bond motifs is 1. The van der Waals surface area contributed by atoms with E-state index in [9.17, 15) is 13.2 Å². The Kier molecular flexibility index (Phi) is 4.57. The van der Waals surface area contributed by atoms with E-state index < -0.39 is 22.0 Å². The van der Waals surface area contributed by atoms with E-state index in [1.165, 1.54) is 21.2 Å². The average molecular weight is 407 g/mol. The third-order valence-electron chi connectivity index (χ3n) is 4.16. The second-order valence-electron chi connectivity index (χ2n) is 5.70. The number of nitrogens with zero attached hydrogens (tertiary/aromatic N) is 3. The van der Waals surface area contributed by atoms with Crippen molar-refractivity contribution in [1.29, 1.82) is 0 Å². The molecule has 1 aliphatic rings. The molecule has 1 amide bonds. The van der Waals surface area contributed by atoms with Gasteiger partial charge in [0, 0.05) is 6.54 Å². The van der Waals surface area contributed by atoms with Crippen LogP contribution in [0.2, 0.25) is 0 Å². The maximum atomic E-state index is 13.1. The summed E-state index contributed by atoms with van der Waals surface area (Å²) in [4.78, 5) is 12.8. The highest BCUT2D eigenvalue weighted by Gasteiger charge is 2.40. The van der Waals surface area contributed by atoms with Crippen LogP contribution < -0.4 is 5.32 Å². The largest absolute Gasteiger partial charge is 0.299 e. The molecule has 4 rings (SSSR count). The molecule has 0 radical (unpaired) electrons. The summed E-state index contributed by atoms with van der Waals surface area (Å²) < 4.78 is 27.7. The van der Waals surface area contributed by atoms with Gasteiger partial charge in [0.1, 0.15) is 15.8 Å². The Bertz CT molecular complexity index is 1020. The zero-order valence-corrected chi connectivity index (χ0v) is 15.9. The first-order chi connectivity index (χ1) is 12.6. The Morgan fingerprint density at radius 2 is 1.96 bits per heavy atom. The van der Waals surface area contributed by atoms with E-state index in [1.54, 1.807) is 17.5 Å². The lowest BCUT2D eigenvalue weighted by molar-refractivity contribution is -0.120. The van der Waals surface area contributed by atoms with Crippen LogP contribution in [-0.2, 0) is 27.8 Å². The molecule has 2 aromatic heterocycles. The molecule has 134 valence electrons. The van der Waals surface area contributed by atoms with Crippen LogP contribution in [0.5, 0.6) is 0 Å². The zero-order valence-electron chi connectivity index (χ0n) is 13.4. The van der Waals surface area contributed by atoms with Gasteiger partial charge in [-0.2, -0.15) is 4.31 Å². The summed E-state index contributed by atoms with van der Waals surface area (Å²) >= 11 is 2.33. The minimum absolute atomic E-state index is 0.157. The first-order valence-electron chi connectivity index (χ1n) is 7.75. The molecule has 10 heteroatoms. The number of aromatic nitrogens is 2. The fourth-order valence-corrected chi connectivity index (χ4v) is 6.05. The van der Waals surface area contributed by atoms with Gasteiger partial charge in [-0.15, -0.1) is 21.5 Å². The van der Waals surface area contributed by atoms with Gasteiger partial charge in [-0.25, -0.2) is 8.42 Å². The Morgan fingerprint density at radius 3 is 2.65 bits per heavy atom. The number of benzene rings is 1. The Hall–Kier alpha value is -2.14. The van der Waals surface area contributed by atoms with Gasteiger partial charge in [0.15, 0.2) is 0 Å². The molecular weight excluding hydrogens is 392 g/mol. The van der Waals surface area contributed by atoms with Crippen molar-refractivity contribution >= 4 is 43.7 Å². The number of rotatable bonds is 4. The van der Waals surface area contributed by atoms with Crippen LogP contribution in [-0.4, -0.2) is 34.9 Å². The van der Waals surface area contributed by atoms with Crippen molar-refractivity contribution in [3.63, 3.8) is 0 Å². The summed E-state index contributed by atoms with van der Waals surface area (Å²) in [7, 11) is -3.78. The quantitative estimate of drug-likeness (QED) is 0.718. The highest BCUT2D eigenvalue weighted by atomic mass is 32.2. The fourth-order valence-electron chi connectivity index (χ4n) is 2.92. The maximum absolute atomic E-state index is 13.1. The standard InChI is InChI=1S/C16H14N4O3S3/c21-15(18-16-19-17-10-25-16)13-8-11-4-1-2-5-12(11)9-20(13)26(22,23)14-6-3-7-24-14/h1-7,10,13H,8-9H2,(H,18,19,21)/t13-/m0/s1. The van der Waals surface area contributed by atoms with Gasteiger partial charge < -0.3 is 0 Å². The number of carbonyl (C=O) groups is 1. The molecule has 0 spiro atoms. The molecule has 0 saturated carbocycles. The summed E-state index contributed by atoms with van der Waals surface area (Å²) in [6.07, 6.45) is 0.311. The number of thiophene rings is 1. The minimum Gasteiger partial charge on any atom is -0.299 e. The predicted octanol–water partition coefficient (Wildman–Crippen LogP) is 2.35. The van der Waals surface area contributed by atoms with Gasteiger partial charge >= 0.3 is 0 Å². The Balaban J connectivity index is 1.72. The van der Waals surface area contributed by atoms with E-state index in [2.05, 4.69) is 15.5 Å². The van der Waals surface area contributed by atoms with E-state index in [4.69, 9.17) is 0 Å². The van der Waals surface area contributed by atoms with Crippen molar-refractivity contribution in [2.24, 2.45) is 0 Å². The highest BCUT2D eigenvalue weighted by molar-refractivity contribution is 7.91. The van der Waals surface area contributed by atoms with Crippen LogP contribution in [0.25, 0.3) is 0 Å². The Labute approximate surface area is 158 Å². The number of anilines is 1. The summed E-state index contributed by atoms with van der Waals surface area (Å²) in [6, 6.07) is 9.98. The van der Waals surface area contributed by atoms with Gasteiger partial charge in [-0.1, -0.05) is 41.7 Å². The van der Waals surface area contributed by atoms with Gasteiger partial charge in [-0.3, -0.25) is 10.1 Å². The number of hydrogen-bond acceptors (Lipinski definition) is 7. The second kappa shape index (κ2) is 6.88. The summed E-state index contributed by atoms with van der Waals surface area (Å²) in [5, 5.41) is 12.2. The molecule has 0 saturated heterocycles. The molecule has 7 nitrogen and oxygen atoms in total. The Morgan fingerprint density at radius 1 is 1.15 bits per heavy atom. The average Bonchev–Trinajstić information content (AvgIpc) is 3.34. The van der Waals surface area contributed by atoms with E-state index in [1.807, 2.05) is 24.3 Å². The smallest absolute Gasteiger partial charge is 0.253 e. The van der Waals surface area contributed by atoms with Crippen LogP contribution in [0.15, 0.2) is 51.5 Å². The lowest BCUT2D eigenvalue weighted by Gasteiger charge is -2.34. The fraction of sp³-hybridized carbons (Fsp3) is 0.188. The molecule has 0 fully saturated rings. The van der Waals surface area contributed by atoms with Crippen LogP contribution in [0.1, 0.15) is 11.1 Å². The van der Waals surface area contributed by atoms with Crippen molar-refractivity contribution in [1.82, 2.24) is 14.5 Å². The van der Waals surface area contributed by atoms with Crippen LogP contribution in [0.4, 0.5) is 5.13 Å². The molecule has 1 aliphatic heterocycles. The third-order valence-corrected chi connectivity index (χ3v) is 7.99. The SMILES string of the molecule is O=C(Nc1nncs1)[C@@H]1Cc2ccccc2CN1S(=O)(=O)c1cccs1. The van der Waals surface area contributed by atoms with Crippen molar-refractivity contribution in [3.8, 4) is 0 Å². The van der Waals surface area contributed by atoms with E-state index >= 15 is 0 Å². The number of sulfonamides is 1. The van der Waals surface area contributed by atoms with Crippen LogP contribution >= 0.6 is 22.7 Å². The lowest BCUT2D eigenvalue weighted by atomic mass is 9.95. The molecule has 1 aromatic carbocycles. The molecule has 1 atom stereocenters. The summed E-state index contributed by atoms with van der Waals surface area (Å²) in [5.74, 6) is -0.406. The van der Waals surface area contributed by atoms with Gasteiger partial charge in [0.2, 0.25) is 11.0 Å². The molecule has 1 N–H and O–H groups in total. The minimum atomic E-state index is -3.78. The van der Waals surface area contributed by atoms with Crippen molar-refractivity contribution in [2.45, 2.75) is 23.2 Å². The van der Waals surface area contributed by atoms with E-state index in [0.29, 0.717) is 11.6 Å². The van der Waals surface area contributed by atoms with Crippen LogP contribution in [0.3, 0.4) is 0 Å². The predicted molar refractivity (Wildman–Crippen MR) is 99.5 cm³/mol. The number of carbonyl (C=O) groups excluding carboxylic acids is 1.